The molecule has 2 atom stereocenters. The molecule has 0 saturated carbocycles. The zero-order chi connectivity index (χ0) is 14.5. The molecule has 1 amide bonds. The third-order valence-corrected chi connectivity index (χ3v) is 3.29. The van der Waals surface area contributed by atoms with Gasteiger partial charge in [-0.2, -0.15) is 0 Å². The molecule has 0 aliphatic rings. The van der Waals surface area contributed by atoms with Crippen LogP contribution in [0.1, 0.15) is 51.6 Å². The number of hydrogen-bond donors (Lipinski definition) is 2. The lowest BCUT2D eigenvalue weighted by atomic mass is 9.96. The lowest BCUT2D eigenvalue weighted by molar-refractivity contribution is -0.126. The lowest BCUT2D eigenvalue weighted by Gasteiger charge is -2.25. The second kappa shape index (κ2) is 8.32. The van der Waals surface area contributed by atoms with Gasteiger partial charge in [0.25, 0.3) is 0 Å². The summed E-state index contributed by atoms with van der Waals surface area (Å²) in [6, 6.07) is 4.03. The minimum atomic E-state index is -0.774. The van der Waals surface area contributed by atoms with E-state index in [-0.39, 0.29) is 24.4 Å². The van der Waals surface area contributed by atoms with Crippen molar-refractivity contribution in [2.75, 3.05) is 0 Å². The van der Waals surface area contributed by atoms with Crippen molar-refractivity contribution in [1.82, 2.24) is 5.32 Å². The molecule has 0 aromatic carbocycles. The Kier molecular flexibility index (Phi) is 7.91. The summed E-state index contributed by atoms with van der Waals surface area (Å²) in [5.41, 5.74) is 5.23. The van der Waals surface area contributed by atoms with Gasteiger partial charge in [0.2, 0.25) is 5.91 Å². The van der Waals surface area contributed by atoms with E-state index in [1.54, 1.807) is 6.92 Å². The van der Waals surface area contributed by atoms with Crippen molar-refractivity contribution in [3.8, 4) is 0 Å². The van der Waals surface area contributed by atoms with Gasteiger partial charge in [-0.25, -0.2) is 0 Å². The van der Waals surface area contributed by atoms with E-state index in [1.807, 2.05) is 32.9 Å². The first-order valence-corrected chi connectivity index (χ1v) is 7.00. The maximum absolute atomic E-state index is 12.0. The highest BCUT2D eigenvalue weighted by Crippen LogP contribution is 2.12. The number of carbonyl (C=O) groups is 1. The smallest absolute Gasteiger partial charge is 0.240 e. The molecule has 0 fully saturated rings. The molecule has 1 heterocycles. The summed E-state index contributed by atoms with van der Waals surface area (Å²) in [5, 5.41) is 2.98. The van der Waals surface area contributed by atoms with Crippen LogP contribution in [0.15, 0.2) is 16.5 Å². The largest absolute Gasteiger partial charge is 0.466 e. The molecule has 0 radical (unpaired) electrons. The number of hydrogen-bond acceptors (Lipinski definition) is 3. The van der Waals surface area contributed by atoms with Gasteiger partial charge in [0.05, 0.1) is 5.54 Å². The van der Waals surface area contributed by atoms with E-state index in [9.17, 15) is 4.79 Å². The minimum Gasteiger partial charge on any atom is -0.466 e. The molecule has 0 aliphatic heterocycles. The second-order valence-electron chi connectivity index (χ2n) is 5.59. The Morgan fingerprint density at radius 2 is 2.15 bits per heavy atom. The number of halogens is 1. The van der Waals surface area contributed by atoms with E-state index in [1.165, 1.54) is 0 Å². The Hall–Kier alpha value is -1.00. The topological polar surface area (TPSA) is 68.3 Å². The summed E-state index contributed by atoms with van der Waals surface area (Å²) in [6.45, 7) is 7.74. The molecule has 1 aromatic heterocycles. The third-order valence-electron chi connectivity index (χ3n) is 3.29. The Bertz CT molecular complexity index is 416. The predicted molar refractivity (Wildman–Crippen MR) is 84.1 cm³/mol. The summed E-state index contributed by atoms with van der Waals surface area (Å²) >= 11 is 0. The molecule has 3 N–H and O–H groups in total. The van der Waals surface area contributed by atoms with Gasteiger partial charge in [0, 0.05) is 12.5 Å². The quantitative estimate of drug-likeness (QED) is 0.813. The third kappa shape index (κ3) is 5.97. The van der Waals surface area contributed by atoms with Gasteiger partial charge in [-0.1, -0.05) is 13.3 Å². The lowest BCUT2D eigenvalue weighted by Crippen LogP contribution is -2.53. The monoisotopic (exact) mass is 302 g/mol. The van der Waals surface area contributed by atoms with Crippen LogP contribution in [-0.2, 0) is 11.2 Å². The van der Waals surface area contributed by atoms with E-state index in [0.29, 0.717) is 6.42 Å². The second-order valence-corrected chi connectivity index (χ2v) is 5.59. The van der Waals surface area contributed by atoms with Crippen molar-refractivity contribution in [2.45, 2.75) is 65.0 Å². The average Bonchev–Trinajstić information content (AvgIpc) is 2.72. The number of amides is 1. The number of carbonyl (C=O) groups excluding carboxylic acids is 1. The molecule has 0 bridgehead atoms. The molecule has 4 nitrogen and oxygen atoms in total. The van der Waals surface area contributed by atoms with Gasteiger partial charge >= 0.3 is 0 Å². The van der Waals surface area contributed by atoms with E-state index >= 15 is 0 Å². The first-order valence-electron chi connectivity index (χ1n) is 7.00. The highest BCUT2D eigenvalue weighted by molar-refractivity contribution is 5.85. The van der Waals surface area contributed by atoms with Crippen molar-refractivity contribution in [2.24, 2.45) is 5.73 Å². The van der Waals surface area contributed by atoms with Crippen LogP contribution in [0.5, 0.6) is 0 Å². The summed E-state index contributed by atoms with van der Waals surface area (Å²) in [4.78, 5) is 12.0. The molecule has 1 aromatic rings. The Balaban J connectivity index is 0.00000361. The fraction of sp³-hybridized carbons (Fsp3) is 0.667. The molecule has 5 heteroatoms. The number of nitrogens with one attached hydrogen (secondary N) is 1. The molecular formula is C15H27ClN2O2. The van der Waals surface area contributed by atoms with Gasteiger partial charge in [0.15, 0.2) is 0 Å². The highest BCUT2D eigenvalue weighted by Gasteiger charge is 2.27. The zero-order valence-electron chi connectivity index (χ0n) is 12.9. The van der Waals surface area contributed by atoms with E-state index in [0.717, 1.165) is 30.8 Å². The van der Waals surface area contributed by atoms with Crippen molar-refractivity contribution in [1.29, 1.82) is 0 Å². The Morgan fingerprint density at radius 1 is 1.50 bits per heavy atom. The first-order chi connectivity index (χ1) is 8.85. The fourth-order valence-corrected chi connectivity index (χ4v) is 2.07. The highest BCUT2D eigenvalue weighted by atomic mass is 35.5. The summed E-state index contributed by atoms with van der Waals surface area (Å²) in [7, 11) is 0. The van der Waals surface area contributed by atoms with Gasteiger partial charge in [-0.3, -0.25) is 4.79 Å². The summed E-state index contributed by atoms with van der Waals surface area (Å²) in [6.07, 6.45) is 3.27. The average molecular weight is 303 g/mol. The van der Waals surface area contributed by atoms with E-state index in [2.05, 4.69) is 5.32 Å². The minimum absolute atomic E-state index is 0. The van der Waals surface area contributed by atoms with Gasteiger partial charge < -0.3 is 15.5 Å². The van der Waals surface area contributed by atoms with Crippen LogP contribution < -0.4 is 11.1 Å². The number of furan rings is 1. The van der Waals surface area contributed by atoms with Gasteiger partial charge in [-0.15, -0.1) is 12.4 Å². The van der Waals surface area contributed by atoms with Crippen molar-refractivity contribution < 1.29 is 9.21 Å². The number of aryl methyl sites for hydroxylation is 2. The molecule has 2 unspecified atom stereocenters. The fourth-order valence-electron chi connectivity index (χ4n) is 2.07. The number of nitrogens with two attached hydrogens (primary N) is 1. The van der Waals surface area contributed by atoms with Crippen LogP contribution >= 0.6 is 12.4 Å². The Morgan fingerprint density at radius 3 is 2.65 bits per heavy atom. The van der Waals surface area contributed by atoms with Crippen molar-refractivity contribution in [3.05, 3.63) is 23.7 Å². The molecule has 0 saturated heterocycles. The number of rotatable bonds is 7. The maximum atomic E-state index is 12.0. The molecule has 116 valence electrons. The van der Waals surface area contributed by atoms with Crippen LogP contribution in [0.3, 0.4) is 0 Å². The van der Waals surface area contributed by atoms with Gasteiger partial charge in [-0.05, 0) is 45.7 Å². The Labute approximate surface area is 127 Å². The van der Waals surface area contributed by atoms with Crippen LogP contribution in [0, 0.1) is 6.92 Å². The summed E-state index contributed by atoms with van der Waals surface area (Å²) < 4.78 is 5.51. The molecule has 0 aliphatic carbocycles. The van der Waals surface area contributed by atoms with Crippen LogP contribution in [0.4, 0.5) is 0 Å². The summed E-state index contributed by atoms with van der Waals surface area (Å²) in [5.74, 6) is 1.81. The van der Waals surface area contributed by atoms with Crippen LogP contribution in [0.2, 0.25) is 0 Å². The maximum Gasteiger partial charge on any atom is 0.240 e. The van der Waals surface area contributed by atoms with E-state index < -0.39 is 5.54 Å². The van der Waals surface area contributed by atoms with E-state index in [4.69, 9.17) is 10.2 Å². The van der Waals surface area contributed by atoms with Gasteiger partial charge in [0.1, 0.15) is 11.5 Å². The van der Waals surface area contributed by atoms with Crippen LogP contribution in [0.25, 0.3) is 0 Å². The van der Waals surface area contributed by atoms with Crippen molar-refractivity contribution in [3.63, 3.8) is 0 Å². The normalized spacial score (nSPS) is 15.1. The first kappa shape index (κ1) is 19.0. The molecule has 1 rings (SSSR count). The standard InChI is InChI=1S/C15H26N2O2.ClH/c1-5-10-15(4,16)14(18)17-11(2)6-8-13-9-7-12(3)19-13;/h7,9,11H,5-6,8,10,16H2,1-4H3,(H,17,18);1H. The SMILES string of the molecule is CCCC(C)(N)C(=O)NC(C)CCc1ccc(C)o1.Cl. The molecule has 20 heavy (non-hydrogen) atoms. The van der Waals surface area contributed by atoms with Crippen LogP contribution in [-0.4, -0.2) is 17.5 Å². The molecular weight excluding hydrogens is 276 g/mol. The zero-order valence-corrected chi connectivity index (χ0v) is 13.7. The van der Waals surface area contributed by atoms with Crippen molar-refractivity contribution >= 4 is 18.3 Å². The predicted octanol–water partition coefficient (Wildman–Crippen LogP) is 2.96. The molecule has 0 spiro atoms.